The van der Waals surface area contributed by atoms with Crippen LogP contribution in [0.2, 0.25) is 0 Å². The molecule has 1 aliphatic rings. The van der Waals surface area contributed by atoms with Crippen molar-refractivity contribution in [1.82, 2.24) is 15.1 Å². The molecule has 3 aromatic rings. The smallest absolute Gasteiger partial charge is 0.266 e. The minimum atomic E-state index is -0.279. The first kappa shape index (κ1) is 21.2. The summed E-state index contributed by atoms with van der Waals surface area (Å²) in [6, 6.07) is 13.9. The molecule has 0 unspecified atom stereocenters. The van der Waals surface area contributed by atoms with Gasteiger partial charge in [0, 0.05) is 36.2 Å². The van der Waals surface area contributed by atoms with Crippen molar-refractivity contribution in [2.45, 2.75) is 19.5 Å². The highest BCUT2D eigenvalue weighted by molar-refractivity contribution is 5.75. The number of fused-ring (bicyclic) bond motifs is 1. The number of nitrogens with zero attached hydrogens (tertiary/aromatic N) is 2. The van der Waals surface area contributed by atoms with Crippen LogP contribution in [0, 0.1) is 0 Å². The Morgan fingerprint density at radius 1 is 1.06 bits per heavy atom. The summed E-state index contributed by atoms with van der Waals surface area (Å²) in [7, 11) is 3.14. The summed E-state index contributed by atoms with van der Waals surface area (Å²) in [5, 5.41) is 7.24. The van der Waals surface area contributed by atoms with Gasteiger partial charge in [0.05, 0.1) is 26.5 Å². The highest BCUT2D eigenvalue weighted by atomic mass is 16.7. The Bertz CT molecular complexity index is 1190. The van der Waals surface area contributed by atoms with Gasteiger partial charge in [-0.15, -0.1) is 0 Å². The fourth-order valence-electron chi connectivity index (χ4n) is 3.31. The second-order valence-electron chi connectivity index (χ2n) is 7.05. The second kappa shape index (κ2) is 9.42. The zero-order valence-corrected chi connectivity index (χ0v) is 17.8. The van der Waals surface area contributed by atoms with Crippen LogP contribution in [-0.2, 0) is 17.9 Å². The molecule has 0 spiro atoms. The third-order valence-electron chi connectivity index (χ3n) is 5.06. The van der Waals surface area contributed by atoms with Gasteiger partial charge >= 0.3 is 0 Å². The van der Waals surface area contributed by atoms with E-state index in [1.54, 1.807) is 38.5 Å². The lowest BCUT2D eigenvalue weighted by Gasteiger charge is -2.12. The van der Waals surface area contributed by atoms with Crippen LogP contribution in [0.5, 0.6) is 23.0 Å². The van der Waals surface area contributed by atoms with Crippen LogP contribution in [-0.4, -0.2) is 36.7 Å². The van der Waals surface area contributed by atoms with E-state index in [1.807, 2.05) is 18.2 Å². The molecule has 9 nitrogen and oxygen atoms in total. The van der Waals surface area contributed by atoms with E-state index in [0.29, 0.717) is 35.2 Å². The molecule has 9 heteroatoms. The number of amides is 1. The lowest BCUT2D eigenvalue weighted by molar-refractivity contribution is -0.121. The van der Waals surface area contributed by atoms with Gasteiger partial charge in [0.15, 0.2) is 11.5 Å². The van der Waals surface area contributed by atoms with Crippen molar-refractivity contribution in [3.05, 3.63) is 64.4 Å². The lowest BCUT2D eigenvalue weighted by Crippen LogP contribution is -2.28. The van der Waals surface area contributed by atoms with Gasteiger partial charge in [-0.05, 0) is 36.4 Å². The molecule has 1 amide bonds. The molecule has 0 aliphatic carbocycles. The van der Waals surface area contributed by atoms with Crippen LogP contribution in [0.3, 0.4) is 0 Å². The fraction of sp³-hybridized carbons (Fsp3) is 0.261. The SMILES string of the molecule is COc1ccc(CNC(=O)CCn2nc(-c3ccc4c(c3)OCO4)ccc2=O)c(OC)c1. The van der Waals surface area contributed by atoms with Crippen molar-refractivity contribution >= 4 is 5.91 Å². The van der Waals surface area contributed by atoms with Crippen molar-refractivity contribution < 1.29 is 23.7 Å². The highest BCUT2D eigenvalue weighted by Gasteiger charge is 2.15. The normalized spacial score (nSPS) is 11.8. The predicted octanol–water partition coefficient (Wildman–Crippen LogP) is 2.36. The van der Waals surface area contributed by atoms with Crippen LogP contribution in [0.25, 0.3) is 11.3 Å². The summed E-state index contributed by atoms with van der Waals surface area (Å²) < 4.78 is 22.5. The Labute approximate surface area is 184 Å². The molecular weight excluding hydrogens is 414 g/mol. The molecule has 1 N–H and O–H groups in total. The van der Waals surface area contributed by atoms with Gasteiger partial charge < -0.3 is 24.3 Å². The second-order valence-corrected chi connectivity index (χ2v) is 7.05. The maximum absolute atomic E-state index is 12.4. The molecule has 0 saturated heterocycles. The van der Waals surface area contributed by atoms with Crippen molar-refractivity contribution in [2.75, 3.05) is 21.0 Å². The first-order valence-electron chi connectivity index (χ1n) is 10.0. The Kier molecular flexibility index (Phi) is 6.25. The molecule has 1 aliphatic heterocycles. The summed E-state index contributed by atoms with van der Waals surface area (Å²) >= 11 is 0. The number of hydrogen-bond acceptors (Lipinski definition) is 7. The van der Waals surface area contributed by atoms with E-state index in [9.17, 15) is 9.59 Å². The molecule has 1 aromatic heterocycles. The Balaban J connectivity index is 1.39. The number of ether oxygens (including phenoxy) is 4. The van der Waals surface area contributed by atoms with Crippen molar-refractivity contribution in [3.63, 3.8) is 0 Å². The zero-order valence-electron chi connectivity index (χ0n) is 17.8. The first-order chi connectivity index (χ1) is 15.6. The van der Waals surface area contributed by atoms with E-state index in [-0.39, 0.29) is 31.2 Å². The van der Waals surface area contributed by atoms with Gasteiger partial charge in [0.1, 0.15) is 11.5 Å². The molecule has 0 atom stereocenters. The number of aryl methyl sites for hydroxylation is 1. The number of hydrogen-bond donors (Lipinski definition) is 1. The summed E-state index contributed by atoms with van der Waals surface area (Å²) in [4.78, 5) is 24.6. The molecule has 2 aromatic carbocycles. The molecule has 2 heterocycles. The number of benzene rings is 2. The van der Waals surface area contributed by atoms with Crippen molar-refractivity contribution in [3.8, 4) is 34.3 Å². The number of carbonyl (C=O) groups is 1. The van der Waals surface area contributed by atoms with E-state index in [2.05, 4.69) is 10.4 Å². The summed E-state index contributed by atoms with van der Waals surface area (Å²) in [6.45, 7) is 0.637. The van der Waals surface area contributed by atoms with Gasteiger partial charge in [-0.2, -0.15) is 5.10 Å². The minimum Gasteiger partial charge on any atom is -0.497 e. The summed E-state index contributed by atoms with van der Waals surface area (Å²) in [5.74, 6) is 2.40. The molecule has 166 valence electrons. The molecule has 0 bridgehead atoms. The summed E-state index contributed by atoms with van der Waals surface area (Å²) in [6.07, 6.45) is 0.107. The average Bonchev–Trinajstić information content (AvgIpc) is 3.30. The van der Waals surface area contributed by atoms with E-state index < -0.39 is 0 Å². The number of carbonyl (C=O) groups excluding carboxylic acids is 1. The molecule has 0 radical (unpaired) electrons. The van der Waals surface area contributed by atoms with E-state index >= 15 is 0 Å². The topological polar surface area (TPSA) is 101 Å². The predicted molar refractivity (Wildman–Crippen MR) is 116 cm³/mol. The largest absolute Gasteiger partial charge is 0.497 e. The number of aromatic nitrogens is 2. The zero-order chi connectivity index (χ0) is 22.5. The van der Waals surface area contributed by atoms with Crippen LogP contribution < -0.4 is 29.8 Å². The first-order valence-corrected chi connectivity index (χ1v) is 10.0. The van der Waals surface area contributed by atoms with Gasteiger partial charge in [-0.1, -0.05) is 0 Å². The Morgan fingerprint density at radius 3 is 2.72 bits per heavy atom. The third-order valence-corrected chi connectivity index (χ3v) is 5.06. The van der Waals surface area contributed by atoms with Gasteiger partial charge in [0.2, 0.25) is 12.7 Å². The van der Waals surface area contributed by atoms with E-state index in [4.69, 9.17) is 18.9 Å². The van der Waals surface area contributed by atoms with Gasteiger partial charge in [-0.3, -0.25) is 9.59 Å². The Hall–Kier alpha value is -4.01. The average molecular weight is 437 g/mol. The van der Waals surface area contributed by atoms with Crippen molar-refractivity contribution in [1.29, 1.82) is 0 Å². The van der Waals surface area contributed by atoms with Gasteiger partial charge in [-0.25, -0.2) is 4.68 Å². The molecule has 0 fully saturated rings. The molecular formula is C23H23N3O6. The third kappa shape index (κ3) is 4.66. The standard InChI is InChI=1S/C23H23N3O6/c1-29-17-5-3-16(20(12-17)30-2)13-24-22(27)9-10-26-23(28)8-6-18(25-26)15-4-7-19-21(11-15)32-14-31-19/h3-8,11-12H,9-10,13-14H2,1-2H3,(H,24,27). The van der Waals surface area contributed by atoms with Crippen LogP contribution >= 0.6 is 0 Å². The number of rotatable bonds is 8. The fourth-order valence-corrected chi connectivity index (χ4v) is 3.31. The van der Waals surface area contributed by atoms with Crippen LogP contribution in [0.15, 0.2) is 53.3 Å². The van der Waals surface area contributed by atoms with Crippen LogP contribution in [0.4, 0.5) is 0 Å². The molecule has 4 rings (SSSR count). The minimum absolute atomic E-state index is 0.107. The van der Waals surface area contributed by atoms with Crippen molar-refractivity contribution in [2.24, 2.45) is 0 Å². The van der Waals surface area contributed by atoms with Gasteiger partial charge in [0.25, 0.3) is 5.56 Å². The van der Waals surface area contributed by atoms with Crippen LogP contribution in [0.1, 0.15) is 12.0 Å². The number of nitrogens with one attached hydrogen (secondary N) is 1. The number of methoxy groups -OCH3 is 2. The van der Waals surface area contributed by atoms with E-state index in [1.165, 1.54) is 10.7 Å². The quantitative estimate of drug-likeness (QED) is 0.577. The lowest BCUT2D eigenvalue weighted by atomic mass is 10.1. The monoisotopic (exact) mass is 437 g/mol. The maximum Gasteiger partial charge on any atom is 0.266 e. The van der Waals surface area contributed by atoms with E-state index in [0.717, 1.165) is 11.1 Å². The Morgan fingerprint density at radius 2 is 1.91 bits per heavy atom. The highest BCUT2D eigenvalue weighted by Crippen LogP contribution is 2.35. The molecule has 32 heavy (non-hydrogen) atoms. The molecule has 0 saturated carbocycles. The summed E-state index contributed by atoms with van der Waals surface area (Å²) in [5.41, 5.74) is 1.94. The maximum atomic E-state index is 12.4.